The first-order chi connectivity index (χ1) is 12.7. The Morgan fingerprint density at radius 2 is 1.23 bits per heavy atom. The Labute approximate surface area is 149 Å². The zero-order chi connectivity index (χ0) is 18.1. The third-order valence-electron chi connectivity index (χ3n) is 4.95. The second-order valence-corrected chi connectivity index (χ2v) is 6.46. The fourth-order valence-electron chi connectivity index (χ4n) is 3.48. The van der Waals surface area contributed by atoms with E-state index in [4.69, 9.17) is 0 Å². The maximum Gasteiger partial charge on any atom is 0.153 e. The van der Waals surface area contributed by atoms with Crippen molar-refractivity contribution in [2.24, 2.45) is 0 Å². The smallest absolute Gasteiger partial charge is 0.153 e. The van der Waals surface area contributed by atoms with Gasteiger partial charge in [-0.2, -0.15) is 0 Å². The molecule has 0 saturated heterocycles. The molecule has 0 fully saturated rings. The molecule has 2 aromatic heterocycles. The van der Waals surface area contributed by atoms with Gasteiger partial charge in [-0.1, -0.05) is 12.1 Å². The van der Waals surface area contributed by atoms with Crippen molar-refractivity contribution in [1.82, 2.24) is 9.97 Å². The standard InChI is InChI=1S/C21H18F2N2O/c22-11-17(13-1-3-19-15(9-13)5-7-24-19)21(26)18(12-23)14-2-4-20-16(10-14)6-8-25-20/h1-10,17-18,24-25H,11-12H2. The summed E-state index contributed by atoms with van der Waals surface area (Å²) in [5.74, 6) is -2.38. The minimum absolute atomic E-state index is 0.431. The number of nitrogens with one attached hydrogen (secondary N) is 2. The van der Waals surface area contributed by atoms with Crippen molar-refractivity contribution in [3.63, 3.8) is 0 Å². The van der Waals surface area contributed by atoms with Gasteiger partial charge in [-0.25, -0.2) is 8.78 Å². The summed E-state index contributed by atoms with van der Waals surface area (Å²) >= 11 is 0. The van der Waals surface area contributed by atoms with E-state index in [0.29, 0.717) is 11.1 Å². The van der Waals surface area contributed by atoms with Gasteiger partial charge in [-0.15, -0.1) is 0 Å². The van der Waals surface area contributed by atoms with Gasteiger partial charge >= 0.3 is 0 Å². The number of benzene rings is 2. The van der Waals surface area contributed by atoms with Crippen molar-refractivity contribution in [3.05, 3.63) is 72.1 Å². The molecule has 2 heterocycles. The maximum atomic E-state index is 13.8. The van der Waals surface area contributed by atoms with Gasteiger partial charge in [0.2, 0.25) is 0 Å². The molecule has 132 valence electrons. The number of H-pyrrole nitrogens is 2. The molecule has 0 aliphatic heterocycles. The molecular weight excluding hydrogens is 334 g/mol. The molecule has 2 aromatic carbocycles. The van der Waals surface area contributed by atoms with Crippen LogP contribution in [0.5, 0.6) is 0 Å². The van der Waals surface area contributed by atoms with Crippen LogP contribution in [0.25, 0.3) is 21.8 Å². The van der Waals surface area contributed by atoms with Crippen molar-refractivity contribution in [3.8, 4) is 0 Å². The summed E-state index contributed by atoms with van der Waals surface area (Å²) in [5, 5.41) is 1.80. The van der Waals surface area contributed by atoms with Crippen LogP contribution < -0.4 is 0 Å². The topological polar surface area (TPSA) is 48.6 Å². The average molecular weight is 352 g/mol. The Hall–Kier alpha value is -2.95. The highest BCUT2D eigenvalue weighted by Gasteiger charge is 2.30. The quantitative estimate of drug-likeness (QED) is 0.503. The van der Waals surface area contributed by atoms with E-state index >= 15 is 0 Å². The van der Waals surface area contributed by atoms with E-state index in [9.17, 15) is 13.6 Å². The molecule has 2 atom stereocenters. The summed E-state index contributed by atoms with van der Waals surface area (Å²) in [6.45, 7) is -1.70. The van der Waals surface area contributed by atoms with E-state index in [1.54, 1.807) is 36.7 Å². The number of aromatic nitrogens is 2. The molecule has 2 unspecified atom stereocenters. The van der Waals surface area contributed by atoms with Crippen molar-refractivity contribution >= 4 is 27.6 Å². The van der Waals surface area contributed by atoms with Crippen LogP contribution in [-0.2, 0) is 4.79 Å². The first-order valence-corrected chi connectivity index (χ1v) is 8.51. The first-order valence-electron chi connectivity index (χ1n) is 8.51. The third kappa shape index (κ3) is 2.79. The molecule has 4 aromatic rings. The largest absolute Gasteiger partial charge is 0.361 e. The molecule has 0 spiro atoms. The number of carbonyl (C=O) groups is 1. The normalized spacial score (nSPS) is 13.9. The summed E-state index contributed by atoms with van der Waals surface area (Å²) in [6.07, 6.45) is 3.58. The van der Waals surface area contributed by atoms with Crippen LogP contribution in [0.15, 0.2) is 60.9 Å². The number of Topliss-reactive ketones (excluding diaryl/α,β-unsaturated/α-hetero) is 1. The Balaban J connectivity index is 1.69. The predicted molar refractivity (Wildman–Crippen MR) is 99.0 cm³/mol. The molecule has 0 saturated carbocycles. The van der Waals surface area contributed by atoms with Gasteiger partial charge in [0.25, 0.3) is 0 Å². The highest BCUT2D eigenvalue weighted by molar-refractivity contribution is 5.94. The predicted octanol–water partition coefficient (Wildman–Crippen LogP) is 5.02. The van der Waals surface area contributed by atoms with Gasteiger partial charge in [-0.05, 0) is 58.3 Å². The summed E-state index contributed by atoms with van der Waals surface area (Å²) in [5.41, 5.74) is 2.98. The van der Waals surface area contributed by atoms with Gasteiger partial charge < -0.3 is 9.97 Å². The van der Waals surface area contributed by atoms with Crippen LogP contribution in [0.2, 0.25) is 0 Å². The number of ketones is 1. The third-order valence-corrected chi connectivity index (χ3v) is 4.95. The molecule has 5 heteroatoms. The maximum absolute atomic E-state index is 13.8. The second kappa shape index (κ2) is 6.75. The van der Waals surface area contributed by atoms with Gasteiger partial charge in [0.05, 0.1) is 11.8 Å². The Bertz CT molecular complexity index is 982. The fourth-order valence-corrected chi connectivity index (χ4v) is 3.48. The molecule has 0 amide bonds. The highest BCUT2D eigenvalue weighted by Crippen LogP contribution is 2.30. The molecular formula is C21H18F2N2O. The van der Waals surface area contributed by atoms with Crippen LogP contribution >= 0.6 is 0 Å². The van der Waals surface area contributed by atoms with Crippen molar-refractivity contribution in [2.75, 3.05) is 13.3 Å². The molecule has 2 N–H and O–H groups in total. The number of carbonyl (C=O) groups excluding carboxylic acids is 1. The minimum Gasteiger partial charge on any atom is -0.361 e. The second-order valence-electron chi connectivity index (χ2n) is 6.46. The number of fused-ring (bicyclic) bond motifs is 2. The lowest BCUT2D eigenvalue weighted by Gasteiger charge is -2.19. The lowest BCUT2D eigenvalue weighted by atomic mass is 9.84. The number of rotatable bonds is 6. The van der Waals surface area contributed by atoms with Gasteiger partial charge in [0.15, 0.2) is 5.78 Å². The molecule has 4 rings (SSSR count). The lowest BCUT2D eigenvalue weighted by Crippen LogP contribution is -2.23. The van der Waals surface area contributed by atoms with E-state index in [1.165, 1.54) is 0 Å². The molecule has 3 nitrogen and oxygen atoms in total. The molecule has 26 heavy (non-hydrogen) atoms. The number of hydrogen-bond acceptors (Lipinski definition) is 1. The lowest BCUT2D eigenvalue weighted by molar-refractivity contribution is -0.122. The van der Waals surface area contributed by atoms with Crippen LogP contribution in [0.4, 0.5) is 8.78 Å². The van der Waals surface area contributed by atoms with Crippen molar-refractivity contribution in [1.29, 1.82) is 0 Å². The molecule has 0 radical (unpaired) electrons. The zero-order valence-electron chi connectivity index (χ0n) is 14.0. The minimum atomic E-state index is -0.975. The van der Waals surface area contributed by atoms with Crippen LogP contribution in [0.3, 0.4) is 0 Å². The summed E-state index contributed by atoms with van der Waals surface area (Å²) in [4.78, 5) is 19.1. The highest BCUT2D eigenvalue weighted by atomic mass is 19.1. The summed E-state index contributed by atoms with van der Waals surface area (Å²) in [7, 11) is 0. The monoisotopic (exact) mass is 352 g/mol. The molecule has 0 aliphatic carbocycles. The van der Waals surface area contributed by atoms with Crippen LogP contribution in [0, 0.1) is 0 Å². The molecule has 0 aliphatic rings. The van der Waals surface area contributed by atoms with Crippen molar-refractivity contribution < 1.29 is 13.6 Å². The van der Waals surface area contributed by atoms with Gasteiger partial charge in [0.1, 0.15) is 13.3 Å². The number of halogens is 2. The van der Waals surface area contributed by atoms with E-state index in [1.807, 2.05) is 24.3 Å². The number of hydrogen-bond donors (Lipinski definition) is 2. The van der Waals surface area contributed by atoms with Gasteiger partial charge in [0, 0.05) is 23.4 Å². The van der Waals surface area contributed by atoms with Crippen molar-refractivity contribution in [2.45, 2.75) is 11.8 Å². The molecule has 0 bridgehead atoms. The fraction of sp³-hybridized carbons (Fsp3) is 0.190. The van der Waals surface area contributed by atoms with E-state index in [0.717, 1.165) is 21.8 Å². The van der Waals surface area contributed by atoms with Crippen LogP contribution in [0.1, 0.15) is 23.0 Å². The van der Waals surface area contributed by atoms with E-state index in [2.05, 4.69) is 9.97 Å². The Morgan fingerprint density at radius 1 is 0.769 bits per heavy atom. The Kier molecular flexibility index (Phi) is 4.29. The van der Waals surface area contributed by atoms with E-state index in [-0.39, 0.29) is 0 Å². The summed E-state index contributed by atoms with van der Waals surface area (Å²) in [6, 6.07) is 14.4. The number of aromatic amines is 2. The average Bonchev–Trinajstić information content (AvgIpc) is 3.31. The van der Waals surface area contributed by atoms with Crippen LogP contribution in [-0.4, -0.2) is 29.1 Å². The zero-order valence-corrected chi connectivity index (χ0v) is 14.0. The SMILES string of the molecule is O=C(C(CF)c1ccc2[nH]ccc2c1)C(CF)c1ccc2[nH]ccc2c1. The summed E-state index contributed by atoms with van der Waals surface area (Å²) < 4.78 is 27.6. The number of alkyl halides is 2. The van der Waals surface area contributed by atoms with Gasteiger partial charge in [-0.3, -0.25) is 4.79 Å². The first kappa shape index (κ1) is 16.5. The Morgan fingerprint density at radius 3 is 1.65 bits per heavy atom. The van der Waals surface area contributed by atoms with E-state index < -0.39 is 31.0 Å².